The first-order valence-electron chi connectivity index (χ1n) is 36.5. The van der Waals surface area contributed by atoms with E-state index >= 15 is 4.79 Å². The molecular weight excluding hydrogens is 1370 g/mol. The van der Waals surface area contributed by atoms with Crippen molar-refractivity contribution in [1.82, 2.24) is 16.0 Å². The molecule has 7 rings (SSSR count). The molecule has 5 N–H and O–H groups in total. The quantitative estimate of drug-likeness (QED) is 0.0134. The molecule has 1 aliphatic carbocycles. The fraction of sp³-hybridized carbons (Fsp3) is 0.562. The number of benzene rings is 4. The summed E-state index contributed by atoms with van der Waals surface area (Å²) in [5.74, 6) is -21.5. The van der Waals surface area contributed by atoms with Gasteiger partial charge in [0.1, 0.15) is 6.54 Å². The molecule has 6 unspecified atom stereocenters. The number of hydrogen-bond donors (Lipinski definition) is 5. The Morgan fingerprint density at radius 1 is 0.625 bits per heavy atom. The van der Waals surface area contributed by atoms with Gasteiger partial charge in [-0.15, -0.1) is 0 Å². The number of carboxylic acids is 4. The van der Waals surface area contributed by atoms with Gasteiger partial charge < -0.3 is 60.2 Å². The number of amides is 2. The van der Waals surface area contributed by atoms with Crippen molar-refractivity contribution in [3.8, 4) is 0 Å². The van der Waals surface area contributed by atoms with Crippen LogP contribution >= 0.6 is 0 Å². The number of aliphatic carboxylic acids is 4. The Kier molecular flexibility index (Phi) is 29.7. The normalized spacial score (nSPS) is 18.0. The molecule has 2 amide bonds. The Morgan fingerprint density at radius 3 is 1.78 bits per heavy atom. The average molecular weight is 1480 g/mol. The molecule has 0 saturated carbocycles. The van der Waals surface area contributed by atoms with Gasteiger partial charge in [0.05, 0.1) is 33.1 Å². The first-order valence-corrected chi connectivity index (χ1v) is 39.7. The first-order chi connectivity index (χ1) is 48.2. The predicted octanol–water partition coefficient (Wildman–Crippen LogP) is 6.69. The fourth-order valence-corrected chi connectivity index (χ4v) is 17.9. The van der Waals surface area contributed by atoms with E-state index < -0.39 is 130 Å². The van der Waals surface area contributed by atoms with E-state index in [0.29, 0.717) is 57.3 Å². The van der Waals surface area contributed by atoms with Gasteiger partial charge in [-0.1, -0.05) is 181 Å². The maximum Gasteiger partial charge on any atom is 1.00 e. The van der Waals surface area contributed by atoms with Crippen LogP contribution in [0.15, 0.2) is 120 Å². The third-order valence-corrected chi connectivity index (χ3v) is 24.0. The summed E-state index contributed by atoms with van der Waals surface area (Å²) in [7, 11) is -8.69. The largest absolute Gasteiger partial charge is 1.00 e. The molecule has 2 heterocycles. The Hall–Kier alpha value is -6.73. The Labute approximate surface area is 637 Å². The van der Waals surface area contributed by atoms with E-state index in [1.54, 1.807) is 20.8 Å². The van der Waals surface area contributed by atoms with Crippen LogP contribution in [0, 0.1) is 51.8 Å². The molecule has 0 spiro atoms. The maximum absolute atomic E-state index is 15.5. The number of nitrogens with one attached hydrogen (secondary N) is 3. The molecule has 104 heavy (non-hydrogen) atoms. The van der Waals surface area contributed by atoms with Crippen LogP contribution in [0.4, 0.5) is 11.4 Å². The molecule has 4 aromatic rings. The summed E-state index contributed by atoms with van der Waals surface area (Å²) in [5, 5.41) is 65.9. The van der Waals surface area contributed by atoms with Crippen LogP contribution in [0.2, 0.25) is 0 Å². The molecule has 2 aliphatic heterocycles. The second kappa shape index (κ2) is 35.8. The second-order valence-electron chi connectivity index (χ2n) is 31.3. The van der Waals surface area contributed by atoms with Crippen molar-refractivity contribution < 1.29 is 109 Å². The minimum absolute atomic E-state index is 0. The summed E-state index contributed by atoms with van der Waals surface area (Å²) < 4.78 is 71.2. The minimum atomic E-state index is -4.47. The topological polar surface area (TPSA) is 346 Å². The van der Waals surface area contributed by atoms with Crippen LogP contribution in [0.5, 0.6) is 0 Å². The van der Waals surface area contributed by atoms with Crippen molar-refractivity contribution >= 4 is 94.6 Å². The van der Waals surface area contributed by atoms with E-state index in [0.717, 1.165) is 98.7 Å². The first kappa shape index (κ1) is 86.2. The van der Waals surface area contributed by atoms with Crippen LogP contribution in [0.25, 0.3) is 21.5 Å². The molecule has 564 valence electrons. The molecule has 0 fully saturated rings. The smallest absolute Gasteiger partial charge is 0.748 e. The van der Waals surface area contributed by atoms with Crippen molar-refractivity contribution in [2.75, 3.05) is 49.1 Å². The summed E-state index contributed by atoms with van der Waals surface area (Å²) in [4.78, 5) is 86.6. The van der Waals surface area contributed by atoms with Crippen molar-refractivity contribution in [2.45, 2.75) is 191 Å². The molecule has 0 radical (unpaired) electrons. The SMILES string of the molecule is CCCCCCCCNC(=O)C(C)C(C(=O)[O-])C(C)(C)C(C(=O)O)C(C(=O)[O-])C(C)(C)C(C(=O)NCCNC1=C(C=CC2=[N+](CCCCS(=O)(=O)O)c3ccc4ccccc4c3C2(C)C)CCCC1=CC=C1N(CCCCS(=O)(=O)[O-])c2ccc3ccccc3c2C1(C)C)C(C(=O)[O-])C(C)(C)CC.[Na+]. The van der Waals surface area contributed by atoms with E-state index in [4.69, 9.17) is 0 Å². The van der Waals surface area contributed by atoms with E-state index in [2.05, 4.69) is 127 Å². The Balaban J connectivity index is 0.0000170. The second-order valence-corrected chi connectivity index (χ2v) is 34.4. The average Bonchev–Trinajstić information content (AvgIpc) is 1.49. The zero-order valence-electron chi connectivity index (χ0n) is 63.4. The number of rotatable bonds is 39. The number of hydrogen-bond acceptors (Lipinski definition) is 16. The summed E-state index contributed by atoms with van der Waals surface area (Å²) in [6, 6.07) is 24.4. The van der Waals surface area contributed by atoms with Crippen LogP contribution in [0.3, 0.4) is 0 Å². The van der Waals surface area contributed by atoms with E-state index in [1.165, 1.54) is 34.6 Å². The van der Waals surface area contributed by atoms with Gasteiger partial charge in [0.25, 0.3) is 10.1 Å². The van der Waals surface area contributed by atoms with Crippen molar-refractivity contribution in [3.05, 3.63) is 131 Å². The number of carbonyl (C=O) groups excluding carboxylic acids is 5. The number of fused-ring (bicyclic) bond motifs is 6. The number of nitrogens with zero attached hydrogens (tertiary/aromatic N) is 2. The van der Waals surface area contributed by atoms with Crippen molar-refractivity contribution in [1.29, 1.82) is 0 Å². The molecule has 21 nitrogen and oxygen atoms in total. The third-order valence-electron chi connectivity index (χ3n) is 22.4. The predicted molar refractivity (Wildman–Crippen MR) is 395 cm³/mol. The van der Waals surface area contributed by atoms with Gasteiger partial charge in [0, 0.05) is 120 Å². The maximum atomic E-state index is 15.5. The summed E-state index contributed by atoms with van der Waals surface area (Å²) >= 11 is 0. The van der Waals surface area contributed by atoms with Gasteiger partial charge in [0.2, 0.25) is 17.5 Å². The van der Waals surface area contributed by atoms with Crippen LogP contribution in [0.1, 0.15) is 191 Å². The van der Waals surface area contributed by atoms with E-state index in [-0.39, 0.29) is 68.5 Å². The molecule has 0 aromatic heterocycles. The van der Waals surface area contributed by atoms with E-state index in [9.17, 15) is 70.3 Å². The zero-order chi connectivity index (χ0) is 76.4. The Morgan fingerprint density at radius 2 is 1.19 bits per heavy atom. The minimum Gasteiger partial charge on any atom is -0.748 e. The van der Waals surface area contributed by atoms with Gasteiger partial charge in [-0.25, -0.2) is 8.42 Å². The van der Waals surface area contributed by atoms with Gasteiger partial charge in [-0.2, -0.15) is 13.0 Å². The van der Waals surface area contributed by atoms with Crippen LogP contribution < -0.4 is 65.7 Å². The third kappa shape index (κ3) is 19.9. The fourth-order valence-electron chi connectivity index (χ4n) is 16.8. The van der Waals surface area contributed by atoms with Crippen LogP contribution in [-0.4, -0.2) is 121 Å². The van der Waals surface area contributed by atoms with Gasteiger partial charge in [-0.05, 0) is 132 Å². The van der Waals surface area contributed by atoms with E-state index in [1.807, 2.05) is 30.3 Å². The molecule has 3 aliphatic rings. The number of carbonyl (C=O) groups is 6. The molecule has 4 aromatic carbocycles. The summed E-state index contributed by atoms with van der Waals surface area (Å²) in [5.41, 5.74) is 1.45. The standard InChI is InChI=1S/C80H111N5O16S2.Na/c1-14-16-17-18-19-24-44-82-70(86)51(3)62(72(88)89)79(10,11)67(74(92)93)68(75(94)95)80(12,13)65(66(73(90)91)76(4,5)15-2)71(87)83-46-45-81-69-54(38-42-60-77(6,7)63-56-34-22-20-30-52(56)36-40-58(63)84(60)47-25-27-49-102(96,97)98)32-29-33-55(69)39-43-61-78(8,9)64-57-35-23-21-31-53(57)37-41-59(64)85(61)48-26-28-50-103(99,100)101;/h20-23,30-31,34-43,51,62,65-68H,14-19,24-29,32-33,44-50H2,1-13H3,(H8,82,83,86,87,88,89,90,91,92,93,94,95,96,97,98,99,100,101);/q;+1/p-3. The number of carboxylic acid groups (broad SMARTS) is 4. The number of unbranched alkanes of at least 4 members (excludes halogenated alkanes) is 7. The van der Waals surface area contributed by atoms with Crippen LogP contribution in [-0.2, 0) is 59.8 Å². The molecule has 0 bridgehead atoms. The van der Waals surface area contributed by atoms with Crippen molar-refractivity contribution in [3.63, 3.8) is 0 Å². The molecular formula is C80H108N5NaO16S2-2. The zero-order valence-corrected chi connectivity index (χ0v) is 67.0. The van der Waals surface area contributed by atoms with Crippen molar-refractivity contribution in [2.24, 2.45) is 51.8 Å². The summed E-state index contributed by atoms with van der Waals surface area (Å²) in [6.45, 7) is 22.6. The molecule has 6 atom stereocenters. The molecule has 24 heteroatoms. The number of allylic oxidation sites excluding steroid dienone is 7. The Bertz CT molecular complexity index is 4230. The molecule has 0 saturated heterocycles. The summed E-state index contributed by atoms with van der Waals surface area (Å²) in [6.07, 6.45) is 16.8. The monoisotopic (exact) mass is 1480 g/mol. The van der Waals surface area contributed by atoms with Gasteiger partial charge in [0.15, 0.2) is 5.71 Å². The number of anilines is 1. The van der Waals surface area contributed by atoms with Gasteiger partial charge in [-0.3, -0.25) is 18.9 Å². The van der Waals surface area contributed by atoms with Gasteiger partial charge >= 0.3 is 35.5 Å².